The molecule has 0 aliphatic heterocycles. The highest BCUT2D eigenvalue weighted by atomic mass is 16.5. The number of pyridine rings is 1. The third-order valence-electron chi connectivity index (χ3n) is 4.08. The Bertz CT molecular complexity index is 879. The summed E-state index contributed by atoms with van der Waals surface area (Å²) in [6.45, 7) is 5.54. The Morgan fingerprint density at radius 1 is 1.00 bits per heavy atom. The molecule has 3 rings (SSSR count). The molecule has 0 aliphatic carbocycles. The van der Waals surface area contributed by atoms with Crippen LogP contribution in [0.2, 0.25) is 0 Å². The summed E-state index contributed by atoms with van der Waals surface area (Å²) in [4.78, 5) is 19.3. The normalized spacial score (nSPS) is 10.5. The van der Waals surface area contributed by atoms with E-state index in [1.54, 1.807) is 35.6 Å². The van der Waals surface area contributed by atoms with Crippen molar-refractivity contribution in [2.24, 2.45) is 0 Å². The van der Waals surface area contributed by atoms with Crippen molar-refractivity contribution in [3.8, 4) is 11.5 Å². The number of ether oxygens (including phenoxy) is 2. The highest BCUT2D eigenvalue weighted by molar-refractivity contribution is 5.94. The van der Waals surface area contributed by atoms with Crippen LogP contribution in [0.1, 0.15) is 35.7 Å². The smallest absolute Gasteiger partial charge is 0.254 e. The molecular weight excluding hydrogens is 356 g/mol. The van der Waals surface area contributed by atoms with E-state index in [-0.39, 0.29) is 5.91 Å². The Labute approximate surface area is 164 Å². The standard InChI is InChI=1S/C22H24N2O4/c1-3-26-20-11-10-17(14-21(20)27-4-2)22(25)24(16-19-9-7-13-28-19)15-18-8-5-6-12-23-18/h5-14H,3-4,15-16H2,1-2H3. The molecule has 0 spiro atoms. The van der Waals surface area contributed by atoms with Crippen LogP contribution < -0.4 is 9.47 Å². The SMILES string of the molecule is CCOc1ccc(C(=O)N(Cc2ccccn2)Cc2ccco2)cc1OCC. The fourth-order valence-corrected chi connectivity index (χ4v) is 2.84. The van der Waals surface area contributed by atoms with E-state index in [1.807, 2.05) is 44.2 Å². The van der Waals surface area contributed by atoms with Crippen molar-refractivity contribution >= 4 is 5.91 Å². The molecule has 1 amide bonds. The van der Waals surface area contributed by atoms with Gasteiger partial charge in [-0.25, -0.2) is 0 Å². The molecule has 0 atom stereocenters. The average molecular weight is 380 g/mol. The molecule has 6 nitrogen and oxygen atoms in total. The zero-order valence-electron chi connectivity index (χ0n) is 16.1. The molecule has 146 valence electrons. The fourth-order valence-electron chi connectivity index (χ4n) is 2.84. The summed E-state index contributed by atoms with van der Waals surface area (Å²) in [5, 5.41) is 0. The zero-order chi connectivity index (χ0) is 19.8. The van der Waals surface area contributed by atoms with Gasteiger partial charge in [0, 0.05) is 11.8 Å². The number of furan rings is 1. The Balaban J connectivity index is 1.88. The first-order valence-electron chi connectivity index (χ1n) is 9.32. The lowest BCUT2D eigenvalue weighted by Gasteiger charge is -2.22. The predicted molar refractivity (Wildman–Crippen MR) is 105 cm³/mol. The van der Waals surface area contributed by atoms with Crippen molar-refractivity contribution in [1.29, 1.82) is 0 Å². The molecule has 3 aromatic rings. The zero-order valence-corrected chi connectivity index (χ0v) is 16.1. The monoisotopic (exact) mass is 380 g/mol. The second-order valence-corrected chi connectivity index (χ2v) is 6.09. The minimum atomic E-state index is -0.133. The molecule has 6 heteroatoms. The van der Waals surface area contributed by atoms with Gasteiger partial charge in [-0.15, -0.1) is 0 Å². The van der Waals surface area contributed by atoms with Gasteiger partial charge in [0.25, 0.3) is 5.91 Å². The van der Waals surface area contributed by atoms with Gasteiger partial charge in [-0.3, -0.25) is 9.78 Å². The summed E-state index contributed by atoms with van der Waals surface area (Å²) >= 11 is 0. The molecule has 0 unspecified atom stereocenters. The van der Waals surface area contributed by atoms with Crippen molar-refractivity contribution in [1.82, 2.24) is 9.88 Å². The largest absolute Gasteiger partial charge is 0.490 e. The van der Waals surface area contributed by atoms with Crippen LogP contribution in [0.15, 0.2) is 65.4 Å². The minimum absolute atomic E-state index is 0.133. The molecule has 0 aliphatic rings. The summed E-state index contributed by atoms with van der Waals surface area (Å²) in [5.74, 6) is 1.76. The summed E-state index contributed by atoms with van der Waals surface area (Å²) < 4.78 is 16.7. The number of benzene rings is 1. The van der Waals surface area contributed by atoms with Gasteiger partial charge >= 0.3 is 0 Å². The first-order valence-corrected chi connectivity index (χ1v) is 9.32. The lowest BCUT2D eigenvalue weighted by molar-refractivity contribution is 0.0715. The van der Waals surface area contributed by atoms with Gasteiger partial charge in [-0.05, 0) is 56.3 Å². The van der Waals surface area contributed by atoms with E-state index in [1.165, 1.54) is 0 Å². The number of carbonyl (C=O) groups is 1. The predicted octanol–water partition coefficient (Wildman–Crippen LogP) is 4.31. The van der Waals surface area contributed by atoms with E-state index >= 15 is 0 Å². The quantitative estimate of drug-likeness (QED) is 0.553. The molecule has 0 saturated heterocycles. The Morgan fingerprint density at radius 3 is 2.50 bits per heavy atom. The van der Waals surface area contributed by atoms with E-state index in [4.69, 9.17) is 13.9 Å². The topological polar surface area (TPSA) is 64.8 Å². The highest BCUT2D eigenvalue weighted by Gasteiger charge is 2.20. The van der Waals surface area contributed by atoms with Crippen molar-refractivity contribution < 1.29 is 18.7 Å². The molecule has 0 fully saturated rings. The molecule has 2 aromatic heterocycles. The summed E-state index contributed by atoms with van der Waals surface area (Å²) in [6.07, 6.45) is 3.32. The lowest BCUT2D eigenvalue weighted by atomic mass is 10.1. The van der Waals surface area contributed by atoms with Crippen molar-refractivity contribution in [2.45, 2.75) is 26.9 Å². The van der Waals surface area contributed by atoms with Gasteiger partial charge in [0.05, 0.1) is 38.3 Å². The molecule has 0 bridgehead atoms. The van der Waals surface area contributed by atoms with Crippen LogP contribution in [0.3, 0.4) is 0 Å². The van der Waals surface area contributed by atoms with Crippen LogP contribution in [0.25, 0.3) is 0 Å². The van der Waals surface area contributed by atoms with E-state index in [9.17, 15) is 4.79 Å². The Hall–Kier alpha value is -3.28. The van der Waals surface area contributed by atoms with Crippen LogP contribution in [0.4, 0.5) is 0 Å². The van der Waals surface area contributed by atoms with E-state index in [0.717, 1.165) is 5.69 Å². The van der Waals surface area contributed by atoms with E-state index in [0.29, 0.717) is 49.1 Å². The fraction of sp³-hybridized carbons (Fsp3) is 0.273. The van der Waals surface area contributed by atoms with Crippen LogP contribution >= 0.6 is 0 Å². The number of carbonyl (C=O) groups excluding carboxylic acids is 1. The number of amides is 1. The van der Waals surface area contributed by atoms with Gasteiger partial charge < -0.3 is 18.8 Å². The van der Waals surface area contributed by atoms with Crippen molar-refractivity contribution in [3.05, 3.63) is 78.0 Å². The Kier molecular flexibility index (Phi) is 6.68. The molecule has 1 aromatic carbocycles. The highest BCUT2D eigenvalue weighted by Crippen LogP contribution is 2.29. The summed E-state index contributed by atoms with van der Waals surface area (Å²) in [6, 6.07) is 14.6. The minimum Gasteiger partial charge on any atom is -0.490 e. The summed E-state index contributed by atoms with van der Waals surface area (Å²) in [7, 11) is 0. The van der Waals surface area contributed by atoms with Crippen molar-refractivity contribution in [2.75, 3.05) is 13.2 Å². The lowest BCUT2D eigenvalue weighted by Crippen LogP contribution is -2.30. The maximum atomic E-state index is 13.3. The number of nitrogens with zero attached hydrogens (tertiary/aromatic N) is 2. The molecule has 0 radical (unpaired) electrons. The van der Waals surface area contributed by atoms with E-state index in [2.05, 4.69) is 4.98 Å². The van der Waals surface area contributed by atoms with Gasteiger partial charge in [-0.2, -0.15) is 0 Å². The van der Waals surface area contributed by atoms with Crippen molar-refractivity contribution in [3.63, 3.8) is 0 Å². The van der Waals surface area contributed by atoms with Crippen LogP contribution in [0.5, 0.6) is 11.5 Å². The molecule has 0 saturated carbocycles. The Morgan fingerprint density at radius 2 is 1.82 bits per heavy atom. The third kappa shape index (κ3) is 4.91. The number of hydrogen-bond acceptors (Lipinski definition) is 5. The van der Waals surface area contributed by atoms with Gasteiger partial charge in [-0.1, -0.05) is 6.07 Å². The van der Waals surface area contributed by atoms with Gasteiger partial charge in [0.2, 0.25) is 0 Å². The van der Waals surface area contributed by atoms with Gasteiger partial charge in [0.15, 0.2) is 11.5 Å². The van der Waals surface area contributed by atoms with Gasteiger partial charge in [0.1, 0.15) is 5.76 Å². The number of hydrogen-bond donors (Lipinski definition) is 0. The average Bonchev–Trinajstić information content (AvgIpc) is 3.22. The molecular formula is C22H24N2O4. The third-order valence-corrected chi connectivity index (χ3v) is 4.08. The molecule has 28 heavy (non-hydrogen) atoms. The molecule has 2 heterocycles. The van der Waals surface area contributed by atoms with Crippen LogP contribution in [0, 0.1) is 0 Å². The second kappa shape index (κ2) is 9.60. The molecule has 0 N–H and O–H groups in total. The number of aromatic nitrogens is 1. The summed E-state index contributed by atoms with van der Waals surface area (Å²) in [5.41, 5.74) is 1.33. The maximum absolute atomic E-state index is 13.3. The second-order valence-electron chi connectivity index (χ2n) is 6.09. The first kappa shape index (κ1) is 19.5. The maximum Gasteiger partial charge on any atom is 0.254 e. The first-order chi connectivity index (χ1) is 13.7. The number of rotatable bonds is 9. The van der Waals surface area contributed by atoms with Crippen LogP contribution in [-0.4, -0.2) is 29.0 Å². The van der Waals surface area contributed by atoms with E-state index < -0.39 is 0 Å². The van der Waals surface area contributed by atoms with Crippen LogP contribution in [-0.2, 0) is 13.1 Å².